The lowest BCUT2D eigenvalue weighted by atomic mass is 9.96. The number of rotatable bonds is 2. The van der Waals surface area contributed by atoms with Crippen molar-refractivity contribution in [2.45, 2.75) is 31.1 Å². The van der Waals surface area contributed by atoms with Crippen molar-refractivity contribution >= 4 is 11.8 Å². The molecule has 0 aliphatic carbocycles. The molecule has 98 valence electrons. The maximum absolute atomic E-state index is 12.8. The van der Waals surface area contributed by atoms with Gasteiger partial charge in [0.1, 0.15) is 0 Å². The highest BCUT2D eigenvalue weighted by Gasteiger charge is 2.83. The zero-order valence-electron chi connectivity index (χ0n) is 8.45. The number of piperidine rings is 1. The third-order valence-electron chi connectivity index (χ3n) is 2.26. The highest BCUT2D eigenvalue weighted by atomic mass is 19.3. The number of hydrogen-bond donors (Lipinski definition) is 0. The average molecular weight is 263 g/mol. The van der Waals surface area contributed by atoms with Crippen LogP contribution < -0.4 is 0 Å². The van der Waals surface area contributed by atoms with E-state index in [2.05, 4.69) is 0 Å². The Labute approximate surface area is 91.4 Å². The Hall–Kier alpha value is -1.28. The number of likely N-dealkylation sites (tertiary alicyclic amines) is 1. The van der Waals surface area contributed by atoms with Crippen molar-refractivity contribution in [1.29, 1.82) is 0 Å². The Morgan fingerprint density at radius 2 is 1.29 bits per heavy atom. The molecule has 1 rings (SSSR count). The van der Waals surface area contributed by atoms with Crippen LogP contribution in [-0.2, 0) is 9.59 Å². The first kappa shape index (κ1) is 13.8. The molecule has 0 spiro atoms. The topological polar surface area (TPSA) is 37.4 Å². The summed E-state index contributed by atoms with van der Waals surface area (Å²) < 4.78 is 76.8. The molecule has 0 saturated carbocycles. The summed E-state index contributed by atoms with van der Waals surface area (Å²) in [5.41, 5.74) is 0. The van der Waals surface area contributed by atoms with Crippen LogP contribution in [0.3, 0.4) is 0 Å². The van der Waals surface area contributed by atoms with Gasteiger partial charge in [-0.1, -0.05) is 6.92 Å². The minimum absolute atomic E-state index is 0.102. The monoisotopic (exact) mass is 263 g/mol. The zero-order valence-corrected chi connectivity index (χ0v) is 8.45. The normalized spacial score (nSPS) is 26.2. The van der Waals surface area contributed by atoms with E-state index in [9.17, 15) is 35.9 Å². The van der Waals surface area contributed by atoms with Gasteiger partial charge in [-0.05, 0) is 6.42 Å². The Morgan fingerprint density at radius 1 is 0.941 bits per heavy atom. The van der Waals surface area contributed by atoms with Crippen molar-refractivity contribution < 1.29 is 35.9 Å². The van der Waals surface area contributed by atoms with Crippen molar-refractivity contribution in [3.05, 3.63) is 0 Å². The number of alkyl halides is 6. The molecule has 0 aromatic rings. The Bertz CT molecular complexity index is 337. The first-order chi connectivity index (χ1) is 7.51. The fraction of sp³-hybridized carbons (Fsp3) is 0.750. The van der Waals surface area contributed by atoms with Crippen LogP contribution in [0.1, 0.15) is 13.3 Å². The molecule has 0 aromatic heterocycles. The van der Waals surface area contributed by atoms with Gasteiger partial charge in [-0.3, -0.25) is 14.5 Å². The third-order valence-corrected chi connectivity index (χ3v) is 2.26. The predicted octanol–water partition coefficient (Wildman–Crippen LogP) is 1.67. The summed E-state index contributed by atoms with van der Waals surface area (Å²) in [7, 11) is 0. The molecular formula is C8H7F6NO2. The summed E-state index contributed by atoms with van der Waals surface area (Å²) in [6.45, 7) is 0.544. The molecule has 17 heavy (non-hydrogen) atoms. The maximum Gasteiger partial charge on any atom is 0.393 e. The van der Waals surface area contributed by atoms with E-state index in [-0.39, 0.29) is 6.42 Å². The van der Waals surface area contributed by atoms with E-state index in [1.54, 1.807) is 0 Å². The van der Waals surface area contributed by atoms with Gasteiger partial charge in [-0.15, -0.1) is 0 Å². The van der Waals surface area contributed by atoms with Crippen LogP contribution in [-0.4, -0.2) is 41.0 Å². The van der Waals surface area contributed by atoms with Crippen LogP contribution in [0.5, 0.6) is 0 Å². The predicted molar refractivity (Wildman–Crippen MR) is 41.9 cm³/mol. The van der Waals surface area contributed by atoms with Crippen LogP contribution in [0.4, 0.5) is 26.3 Å². The summed E-state index contributed by atoms with van der Waals surface area (Å²) >= 11 is 0. The van der Waals surface area contributed by atoms with Crippen molar-refractivity contribution in [2.24, 2.45) is 0 Å². The van der Waals surface area contributed by atoms with E-state index in [1.165, 1.54) is 6.92 Å². The molecule has 3 nitrogen and oxygen atoms in total. The van der Waals surface area contributed by atoms with Gasteiger partial charge >= 0.3 is 29.6 Å². The number of carbonyl (C=O) groups excluding carboxylic acids is 2. The van der Waals surface area contributed by atoms with Crippen LogP contribution >= 0.6 is 0 Å². The van der Waals surface area contributed by atoms with Crippen LogP contribution in [0, 0.1) is 0 Å². The Morgan fingerprint density at radius 3 is 1.59 bits per heavy atom. The third kappa shape index (κ3) is 1.51. The second-order valence-electron chi connectivity index (χ2n) is 3.49. The highest BCUT2D eigenvalue weighted by molar-refractivity contribution is 6.06. The van der Waals surface area contributed by atoms with Gasteiger partial charge in [0.25, 0.3) is 0 Å². The summed E-state index contributed by atoms with van der Waals surface area (Å²) in [6, 6.07) is 0. The zero-order chi connectivity index (χ0) is 13.6. The van der Waals surface area contributed by atoms with Crippen LogP contribution in [0.2, 0.25) is 0 Å². The number of amides is 2. The number of hydrogen-bond acceptors (Lipinski definition) is 2. The SMILES string of the molecule is CCCN1C(=O)C(F)(F)C(F)(F)C(F)(F)C1=O. The molecule has 0 radical (unpaired) electrons. The minimum atomic E-state index is -6.02. The van der Waals surface area contributed by atoms with Gasteiger partial charge in [-0.25, -0.2) is 0 Å². The fourth-order valence-corrected chi connectivity index (χ4v) is 1.32. The second-order valence-corrected chi connectivity index (χ2v) is 3.49. The van der Waals surface area contributed by atoms with Crippen molar-refractivity contribution in [1.82, 2.24) is 4.90 Å². The standard InChI is InChI=1S/C8H7F6NO2/c1-2-3-15-4(16)6(9,10)8(13,14)7(11,12)5(15)17/h2-3H2,1H3. The molecule has 0 N–H and O–H groups in total. The Kier molecular flexibility index (Phi) is 2.92. The second kappa shape index (κ2) is 3.61. The summed E-state index contributed by atoms with van der Waals surface area (Å²) in [4.78, 5) is 21.3. The van der Waals surface area contributed by atoms with E-state index in [0.29, 0.717) is 0 Å². The molecule has 0 unspecified atom stereocenters. The first-order valence-electron chi connectivity index (χ1n) is 4.51. The lowest BCUT2D eigenvalue weighted by Gasteiger charge is -2.40. The summed E-state index contributed by atoms with van der Waals surface area (Å²) in [5, 5.41) is 0. The summed E-state index contributed by atoms with van der Waals surface area (Å²) in [6.07, 6.45) is -0.102. The van der Waals surface area contributed by atoms with Gasteiger partial charge in [0.15, 0.2) is 0 Å². The molecule has 0 atom stereocenters. The molecule has 9 heteroatoms. The molecule has 0 bridgehead atoms. The van der Waals surface area contributed by atoms with Crippen molar-refractivity contribution in [3.8, 4) is 0 Å². The lowest BCUT2D eigenvalue weighted by molar-refractivity contribution is -0.305. The van der Waals surface area contributed by atoms with Gasteiger partial charge in [0.05, 0.1) is 0 Å². The highest BCUT2D eigenvalue weighted by Crippen LogP contribution is 2.50. The molecule has 1 aliphatic rings. The van der Waals surface area contributed by atoms with E-state index in [0.717, 1.165) is 0 Å². The van der Waals surface area contributed by atoms with E-state index >= 15 is 0 Å². The van der Waals surface area contributed by atoms with E-state index in [4.69, 9.17) is 0 Å². The molecule has 2 amide bonds. The fourth-order valence-electron chi connectivity index (χ4n) is 1.32. The van der Waals surface area contributed by atoms with Gasteiger partial charge in [0.2, 0.25) is 0 Å². The summed E-state index contributed by atoms with van der Waals surface area (Å²) in [5.74, 6) is -22.4. The minimum Gasteiger partial charge on any atom is -0.272 e. The average Bonchev–Trinajstić information content (AvgIpc) is 2.21. The Balaban J connectivity index is 3.33. The smallest absolute Gasteiger partial charge is 0.272 e. The molecule has 1 saturated heterocycles. The van der Waals surface area contributed by atoms with Gasteiger partial charge in [-0.2, -0.15) is 26.3 Å². The maximum atomic E-state index is 12.8. The van der Waals surface area contributed by atoms with Gasteiger partial charge < -0.3 is 0 Å². The largest absolute Gasteiger partial charge is 0.393 e. The number of halogens is 6. The molecule has 1 heterocycles. The van der Waals surface area contributed by atoms with E-state index in [1.807, 2.05) is 0 Å². The van der Waals surface area contributed by atoms with E-state index < -0.39 is 41.0 Å². The van der Waals surface area contributed by atoms with Crippen LogP contribution in [0.25, 0.3) is 0 Å². The number of nitrogens with zero attached hydrogens (tertiary/aromatic N) is 1. The van der Waals surface area contributed by atoms with Gasteiger partial charge in [0, 0.05) is 6.54 Å². The molecule has 1 fully saturated rings. The first-order valence-corrected chi connectivity index (χ1v) is 4.51. The molecular weight excluding hydrogens is 256 g/mol. The quantitative estimate of drug-likeness (QED) is 0.561. The van der Waals surface area contributed by atoms with Crippen LogP contribution in [0.15, 0.2) is 0 Å². The van der Waals surface area contributed by atoms with Crippen molar-refractivity contribution in [3.63, 3.8) is 0 Å². The number of imide groups is 1. The van der Waals surface area contributed by atoms with Crippen molar-refractivity contribution in [2.75, 3.05) is 6.54 Å². The number of carbonyl (C=O) groups is 2. The molecule has 1 aliphatic heterocycles. The molecule has 0 aromatic carbocycles. The lowest BCUT2D eigenvalue weighted by Crippen LogP contribution is -2.72.